The lowest BCUT2D eigenvalue weighted by atomic mass is 10.00. The van der Waals surface area contributed by atoms with Gasteiger partial charge in [0, 0.05) is 12.1 Å². The Morgan fingerprint density at radius 1 is 0.711 bits per heavy atom. The second-order valence-corrected chi connectivity index (χ2v) is 8.93. The molecule has 0 fully saturated rings. The van der Waals surface area contributed by atoms with Gasteiger partial charge >= 0.3 is 6.18 Å². The Labute approximate surface area is 219 Å². The molecule has 0 saturated heterocycles. The summed E-state index contributed by atoms with van der Waals surface area (Å²) in [5.41, 5.74) is 2.82. The van der Waals surface area contributed by atoms with Crippen molar-refractivity contribution in [1.29, 1.82) is 0 Å². The summed E-state index contributed by atoms with van der Waals surface area (Å²) in [7, 11) is 0. The van der Waals surface area contributed by atoms with Crippen molar-refractivity contribution in [3.63, 3.8) is 0 Å². The van der Waals surface area contributed by atoms with Crippen LogP contribution in [0.25, 0.3) is 11.1 Å². The number of alkyl halides is 3. The zero-order chi connectivity index (χ0) is 27.0. The SMILES string of the molecule is O=C(N[C@@H](Cc1ccccc1)C(=O)CNCc1cccc(C(F)(F)F)c1)c1cccc(-c2ccccc2)c1. The van der Waals surface area contributed by atoms with Crippen LogP contribution < -0.4 is 10.6 Å². The van der Waals surface area contributed by atoms with E-state index in [1.54, 1.807) is 24.3 Å². The van der Waals surface area contributed by atoms with Crippen LogP contribution in [0.15, 0.2) is 109 Å². The number of carbonyl (C=O) groups is 2. The number of amides is 1. The number of Topliss-reactive ketones (excluding diaryl/α,β-unsaturated/α-hetero) is 1. The van der Waals surface area contributed by atoms with E-state index in [-0.39, 0.29) is 31.2 Å². The first-order valence-corrected chi connectivity index (χ1v) is 12.2. The van der Waals surface area contributed by atoms with Crippen molar-refractivity contribution in [2.45, 2.75) is 25.2 Å². The molecule has 0 aromatic heterocycles. The molecular weight excluding hydrogens is 489 g/mol. The number of hydrogen-bond acceptors (Lipinski definition) is 3. The number of nitrogens with one attached hydrogen (secondary N) is 2. The summed E-state index contributed by atoms with van der Waals surface area (Å²) in [5.74, 6) is -0.650. The second kappa shape index (κ2) is 12.3. The van der Waals surface area contributed by atoms with Gasteiger partial charge in [-0.3, -0.25) is 9.59 Å². The first-order chi connectivity index (χ1) is 18.3. The van der Waals surface area contributed by atoms with Gasteiger partial charge in [-0.15, -0.1) is 0 Å². The summed E-state index contributed by atoms with van der Waals surface area (Å²) >= 11 is 0. The molecule has 0 bridgehead atoms. The minimum Gasteiger partial charge on any atom is -0.342 e. The maximum Gasteiger partial charge on any atom is 0.416 e. The Morgan fingerprint density at radius 3 is 2.05 bits per heavy atom. The van der Waals surface area contributed by atoms with E-state index >= 15 is 0 Å². The second-order valence-electron chi connectivity index (χ2n) is 8.93. The summed E-state index contributed by atoms with van der Waals surface area (Å²) in [6.45, 7) is -0.0289. The highest BCUT2D eigenvalue weighted by Crippen LogP contribution is 2.29. The molecule has 0 radical (unpaired) electrons. The highest BCUT2D eigenvalue weighted by atomic mass is 19.4. The number of carbonyl (C=O) groups excluding carboxylic acids is 2. The van der Waals surface area contributed by atoms with Gasteiger partial charge in [0.25, 0.3) is 5.91 Å². The third kappa shape index (κ3) is 7.40. The first-order valence-electron chi connectivity index (χ1n) is 12.2. The van der Waals surface area contributed by atoms with Gasteiger partial charge in [-0.2, -0.15) is 13.2 Å². The van der Waals surface area contributed by atoms with Crippen LogP contribution in [0, 0.1) is 0 Å². The van der Waals surface area contributed by atoms with Gasteiger partial charge in [0.1, 0.15) is 0 Å². The van der Waals surface area contributed by atoms with E-state index in [9.17, 15) is 22.8 Å². The summed E-state index contributed by atoms with van der Waals surface area (Å²) in [6, 6.07) is 30.3. The van der Waals surface area contributed by atoms with Gasteiger partial charge in [-0.1, -0.05) is 91.0 Å². The Bertz CT molecular complexity index is 1370. The van der Waals surface area contributed by atoms with Gasteiger partial charge in [0.05, 0.1) is 18.2 Å². The van der Waals surface area contributed by atoms with Crippen molar-refractivity contribution in [2.75, 3.05) is 6.54 Å². The van der Waals surface area contributed by atoms with Gasteiger partial charge < -0.3 is 10.6 Å². The lowest BCUT2D eigenvalue weighted by molar-refractivity contribution is -0.137. The fourth-order valence-electron chi connectivity index (χ4n) is 4.12. The third-order valence-corrected chi connectivity index (χ3v) is 6.09. The number of ketones is 1. The molecule has 0 unspecified atom stereocenters. The minimum absolute atomic E-state index is 0.0841. The molecule has 1 atom stereocenters. The normalized spacial score (nSPS) is 12.1. The van der Waals surface area contributed by atoms with Crippen LogP contribution in [-0.4, -0.2) is 24.3 Å². The van der Waals surface area contributed by atoms with Crippen LogP contribution in [0.5, 0.6) is 0 Å². The molecule has 194 valence electrons. The van der Waals surface area contributed by atoms with Gasteiger partial charge in [-0.25, -0.2) is 0 Å². The first kappa shape index (κ1) is 26.8. The van der Waals surface area contributed by atoms with Gasteiger partial charge in [-0.05, 0) is 46.9 Å². The molecular formula is C31H27F3N2O2. The quantitative estimate of drug-likeness (QED) is 0.269. The molecule has 0 saturated carbocycles. The summed E-state index contributed by atoms with van der Waals surface area (Å²) in [6.07, 6.45) is -4.15. The molecule has 0 heterocycles. The molecule has 0 aliphatic carbocycles. The predicted molar refractivity (Wildman–Crippen MR) is 141 cm³/mol. The van der Waals surface area contributed by atoms with E-state index in [4.69, 9.17) is 0 Å². The fraction of sp³-hybridized carbons (Fsp3) is 0.161. The third-order valence-electron chi connectivity index (χ3n) is 6.09. The van der Waals surface area contributed by atoms with E-state index in [1.165, 1.54) is 6.07 Å². The Kier molecular flexibility index (Phi) is 8.71. The van der Waals surface area contributed by atoms with E-state index in [1.807, 2.05) is 66.7 Å². The molecule has 38 heavy (non-hydrogen) atoms. The number of halogens is 3. The van der Waals surface area contributed by atoms with Crippen LogP contribution in [0.1, 0.15) is 27.0 Å². The lowest BCUT2D eigenvalue weighted by Crippen LogP contribution is -2.45. The van der Waals surface area contributed by atoms with Crippen molar-refractivity contribution in [3.05, 3.63) is 131 Å². The average Bonchev–Trinajstić information content (AvgIpc) is 2.93. The van der Waals surface area contributed by atoms with Crippen molar-refractivity contribution in [1.82, 2.24) is 10.6 Å². The largest absolute Gasteiger partial charge is 0.416 e. The van der Waals surface area contributed by atoms with E-state index < -0.39 is 17.8 Å². The lowest BCUT2D eigenvalue weighted by Gasteiger charge is -2.19. The fourth-order valence-corrected chi connectivity index (χ4v) is 4.12. The Morgan fingerprint density at radius 2 is 1.34 bits per heavy atom. The van der Waals surface area contributed by atoms with Crippen LogP contribution in [0.2, 0.25) is 0 Å². The molecule has 4 rings (SSSR count). The topological polar surface area (TPSA) is 58.2 Å². The standard InChI is InChI=1S/C31H27F3N2O2/c32-31(33,34)27-16-7-11-23(17-27)20-35-21-29(37)28(18-22-9-3-1-4-10-22)36-30(38)26-15-8-14-25(19-26)24-12-5-2-6-13-24/h1-17,19,28,35H,18,20-21H2,(H,36,38)/t28-/m0/s1. The monoisotopic (exact) mass is 516 g/mol. The zero-order valence-corrected chi connectivity index (χ0v) is 20.5. The zero-order valence-electron chi connectivity index (χ0n) is 20.5. The van der Waals surface area contributed by atoms with Crippen LogP contribution in [0.3, 0.4) is 0 Å². The van der Waals surface area contributed by atoms with Crippen LogP contribution >= 0.6 is 0 Å². The molecule has 7 heteroatoms. The van der Waals surface area contributed by atoms with Crippen molar-refractivity contribution in [2.24, 2.45) is 0 Å². The van der Waals surface area contributed by atoms with Crippen molar-refractivity contribution in [3.8, 4) is 11.1 Å². The van der Waals surface area contributed by atoms with Crippen LogP contribution in [-0.2, 0) is 23.9 Å². The highest BCUT2D eigenvalue weighted by Gasteiger charge is 2.30. The number of benzene rings is 4. The molecule has 4 nitrogen and oxygen atoms in total. The molecule has 0 spiro atoms. The smallest absolute Gasteiger partial charge is 0.342 e. The highest BCUT2D eigenvalue weighted by molar-refractivity contribution is 5.99. The minimum atomic E-state index is -4.44. The molecule has 0 aliphatic heterocycles. The van der Waals surface area contributed by atoms with Gasteiger partial charge in [0.2, 0.25) is 0 Å². The Balaban J connectivity index is 1.45. The number of hydrogen-bond donors (Lipinski definition) is 2. The molecule has 4 aromatic rings. The maximum atomic E-state index is 13.2. The van der Waals surface area contributed by atoms with Gasteiger partial charge in [0.15, 0.2) is 5.78 Å². The average molecular weight is 517 g/mol. The predicted octanol–water partition coefficient (Wildman–Crippen LogP) is 6.07. The van der Waals surface area contributed by atoms with Crippen LogP contribution in [0.4, 0.5) is 13.2 Å². The maximum absolute atomic E-state index is 13.2. The summed E-state index contributed by atoms with van der Waals surface area (Å²) in [4.78, 5) is 26.3. The van der Waals surface area contributed by atoms with E-state index in [2.05, 4.69) is 10.6 Å². The molecule has 0 aliphatic rings. The summed E-state index contributed by atoms with van der Waals surface area (Å²) in [5, 5.41) is 5.78. The molecule has 1 amide bonds. The van der Waals surface area contributed by atoms with Crippen molar-refractivity contribution < 1.29 is 22.8 Å². The van der Waals surface area contributed by atoms with E-state index in [0.717, 1.165) is 28.8 Å². The Hall–Kier alpha value is -4.23. The summed E-state index contributed by atoms with van der Waals surface area (Å²) < 4.78 is 39.0. The molecule has 4 aromatic carbocycles. The molecule has 2 N–H and O–H groups in total. The van der Waals surface area contributed by atoms with E-state index in [0.29, 0.717) is 11.1 Å². The number of rotatable bonds is 10. The van der Waals surface area contributed by atoms with Crippen molar-refractivity contribution >= 4 is 11.7 Å².